The molecule has 8 heteroatoms. The highest BCUT2D eigenvalue weighted by Gasteiger charge is 2.35. The molecule has 0 spiro atoms. The highest BCUT2D eigenvalue weighted by Crippen LogP contribution is 2.40. The summed E-state index contributed by atoms with van der Waals surface area (Å²) in [6, 6.07) is 9.27. The molecule has 0 N–H and O–H groups in total. The summed E-state index contributed by atoms with van der Waals surface area (Å²) in [5.74, 6) is 0.560. The van der Waals surface area contributed by atoms with Crippen LogP contribution in [-0.4, -0.2) is 28.3 Å². The Kier molecular flexibility index (Phi) is 6.82. The van der Waals surface area contributed by atoms with Crippen molar-refractivity contribution >= 4 is 34.4 Å². The summed E-state index contributed by atoms with van der Waals surface area (Å²) < 4.78 is 40.3. The fraction of sp³-hybridized carbons (Fsp3) is 0.364. The first-order valence-corrected chi connectivity index (χ1v) is 10.8. The number of nitrogens with zero attached hydrogens (tertiary/aromatic N) is 2. The fourth-order valence-corrected chi connectivity index (χ4v) is 4.99. The molecule has 0 aliphatic carbocycles. The SMILES string of the molecule is CC(=O)N1CCS/C1=N\C(Cc1cc(C)cc(C)c1)c1cccc(C(F)(F)F)c1Cl. The number of amidine groups is 1. The van der Waals surface area contributed by atoms with Gasteiger partial charge in [0, 0.05) is 19.2 Å². The predicted molar refractivity (Wildman–Crippen MR) is 116 cm³/mol. The molecule has 2 aromatic carbocycles. The molecule has 1 unspecified atom stereocenters. The van der Waals surface area contributed by atoms with Gasteiger partial charge in [-0.25, -0.2) is 0 Å². The molecular formula is C22H22ClF3N2OS. The zero-order valence-corrected chi connectivity index (χ0v) is 18.5. The van der Waals surface area contributed by atoms with E-state index < -0.39 is 17.8 Å². The number of benzene rings is 2. The summed E-state index contributed by atoms with van der Waals surface area (Å²) in [4.78, 5) is 18.2. The molecule has 3 nitrogen and oxygen atoms in total. The van der Waals surface area contributed by atoms with Gasteiger partial charge in [-0.3, -0.25) is 14.7 Å². The van der Waals surface area contributed by atoms with E-state index in [2.05, 4.69) is 0 Å². The first kappa shape index (κ1) is 22.7. The van der Waals surface area contributed by atoms with E-state index in [9.17, 15) is 18.0 Å². The average Bonchev–Trinajstić information content (AvgIpc) is 3.08. The molecule has 1 aliphatic rings. The van der Waals surface area contributed by atoms with Gasteiger partial charge in [0.05, 0.1) is 16.6 Å². The molecule has 1 aliphatic heterocycles. The zero-order valence-electron chi connectivity index (χ0n) is 16.9. The third kappa shape index (κ3) is 5.19. The summed E-state index contributed by atoms with van der Waals surface area (Å²) in [7, 11) is 0. The van der Waals surface area contributed by atoms with Crippen LogP contribution in [0.15, 0.2) is 41.4 Å². The maximum absolute atomic E-state index is 13.4. The van der Waals surface area contributed by atoms with Gasteiger partial charge in [0.1, 0.15) is 0 Å². The number of hydrogen-bond donors (Lipinski definition) is 0. The monoisotopic (exact) mass is 454 g/mol. The van der Waals surface area contributed by atoms with Crippen molar-refractivity contribution in [3.8, 4) is 0 Å². The molecule has 1 amide bonds. The second-order valence-electron chi connectivity index (χ2n) is 7.35. The Balaban J connectivity index is 2.09. The Labute approximate surface area is 183 Å². The van der Waals surface area contributed by atoms with E-state index in [-0.39, 0.29) is 10.9 Å². The van der Waals surface area contributed by atoms with Gasteiger partial charge in [-0.2, -0.15) is 13.2 Å². The van der Waals surface area contributed by atoms with Crippen LogP contribution in [0, 0.1) is 13.8 Å². The molecule has 1 atom stereocenters. The molecule has 160 valence electrons. The van der Waals surface area contributed by atoms with Gasteiger partial charge in [-0.1, -0.05) is 64.8 Å². The molecule has 0 radical (unpaired) electrons. The summed E-state index contributed by atoms with van der Waals surface area (Å²) in [6.07, 6.45) is -4.18. The number of alkyl halides is 3. The lowest BCUT2D eigenvalue weighted by Gasteiger charge is -2.21. The number of carbonyl (C=O) groups is 1. The quantitative estimate of drug-likeness (QED) is 0.550. The number of halogens is 4. The molecule has 30 heavy (non-hydrogen) atoms. The van der Waals surface area contributed by atoms with Crippen molar-refractivity contribution in [1.29, 1.82) is 0 Å². The third-order valence-electron chi connectivity index (χ3n) is 4.83. The van der Waals surface area contributed by atoms with Crippen LogP contribution < -0.4 is 0 Å². The van der Waals surface area contributed by atoms with Gasteiger partial charge in [0.25, 0.3) is 0 Å². The minimum atomic E-state index is -4.56. The third-order valence-corrected chi connectivity index (χ3v) is 6.22. The molecule has 0 saturated carbocycles. The maximum Gasteiger partial charge on any atom is 0.417 e. The molecule has 1 saturated heterocycles. The Morgan fingerprint density at radius 3 is 2.50 bits per heavy atom. The van der Waals surface area contributed by atoms with Gasteiger partial charge in [-0.15, -0.1) is 0 Å². The number of hydrogen-bond acceptors (Lipinski definition) is 3. The lowest BCUT2D eigenvalue weighted by molar-refractivity contribution is -0.137. The lowest BCUT2D eigenvalue weighted by atomic mass is 9.95. The Bertz CT molecular complexity index is 971. The van der Waals surface area contributed by atoms with Crippen LogP contribution in [0.3, 0.4) is 0 Å². The molecule has 0 aromatic heterocycles. The number of thioether (sulfide) groups is 1. The standard InChI is InChI=1S/C22H22ClF3N2OS/c1-13-9-14(2)11-16(10-13)12-19(27-21-28(15(3)29)7-8-30-21)17-5-4-6-18(20(17)23)22(24,25)26/h4-6,9-11,19H,7-8,12H2,1-3H3/b27-21-. The molecular weight excluding hydrogens is 433 g/mol. The Morgan fingerprint density at radius 2 is 1.90 bits per heavy atom. The fourth-order valence-electron chi connectivity index (χ4n) is 3.60. The smallest absolute Gasteiger partial charge is 0.291 e. The average molecular weight is 455 g/mol. The van der Waals surface area contributed by atoms with Gasteiger partial charge in [0.2, 0.25) is 5.91 Å². The largest absolute Gasteiger partial charge is 0.417 e. The van der Waals surface area contributed by atoms with Crippen molar-refractivity contribution < 1.29 is 18.0 Å². The lowest BCUT2D eigenvalue weighted by Crippen LogP contribution is -2.29. The first-order valence-electron chi connectivity index (χ1n) is 9.47. The molecule has 0 bridgehead atoms. The van der Waals surface area contributed by atoms with Crippen LogP contribution in [0.2, 0.25) is 5.02 Å². The van der Waals surface area contributed by atoms with Crippen LogP contribution in [0.4, 0.5) is 13.2 Å². The molecule has 1 heterocycles. The predicted octanol–water partition coefficient (Wildman–Crippen LogP) is 6.21. The Hall–Kier alpha value is -1.99. The number of rotatable bonds is 4. The van der Waals surface area contributed by atoms with Crippen LogP contribution in [-0.2, 0) is 17.4 Å². The van der Waals surface area contributed by atoms with Crippen molar-refractivity contribution in [1.82, 2.24) is 4.90 Å². The van der Waals surface area contributed by atoms with Gasteiger partial charge in [0.15, 0.2) is 5.17 Å². The number of aryl methyl sites for hydroxylation is 2. The van der Waals surface area contributed by atoms with Crippen LogP contribution >= 0.6 is 23.4 Å². The van der Waals surface area contributed by atoms with E-state index in [1.165, 1.54) is 24.8 Å². The molecule has 3 rings (SSSR count). The van der Waals surface area contributed by atoms with Gasteiger partial charge >= 0.3 is 6.18 Å². The van der Waals surface area contributed by atoms with Crippen molar-refractivity contribution in [2.75, 3.05) is 12.3 Å². The minimum Gasteiger partial charge on any atom is -0.291 e. The van der Waals surface area contributed by atoms with Crippen LogP contribution in [0.1, 0.15) is 40.8 Å². The summed E-state index contributed by atoms with van der Waals surface area (Å²) in [5.41, 5.74) is 2.50. The van der Waals surface area contributed by atoms with Crippen LogP contribution in [0.25, 0.3) is 0 Å². The van der Waals surface area contributed by atoms with E-state index in [4.69, 9.17) is 16.6 Å². The van der Waals surface area contributed by atoms with Gasteiger partial charge < -0.3 is 0 Å². The number of aliphatic imine (C=N–C) groups is 1. The first-order chi connectivity index (χ1) is 14.1. The van der Waals surface area contributed by atoms with Crippen molar-refractivity contribution in [2.24, 2.45) is 4.99 Å². The second-order valence-corrected chi connectivity index (χ2v) is 8.79. The van der Waals surface area contributed by atoms with Crippen molar-refractivity contribution in [3.63, 3.8) is 0 Å². The maximum atomic E-state index is 13.4. The minimum absolute atomic E-state index is 0.140. The summed E-state index contributed by atoms with van der Waals surface area (Å²) >= 11 is 7.65. The van der Waals surface area contributed by atoms with Crippen LogP contribution in [0.5, 0.6) is 0 Å². The van der Waals surface area contributed by atoms with Gasteiger partial charge in [-0.05, 0) is 37.5 Å². The van der Waals surface area contributed by atoms with Crippen molar-refractivity contribution in [3.05, 3.63) is 69.2 Å². The summed E-state index contributed by atoms with van der Waals surface area (Å²) in [5, 5.41) is 0.173. The van der Waals surface area contributed by atoms with E-state index in [0.29, 0.717) is 29.4 Å². The zero-order chi connectivity index (χ0) is 22.1. The van der Waals surface area contributed by atoms with E-state index in [1.807, 2.05) is 32.0 Å². The molecule has 2 aromatic rings. The highest BCUT2D eigenvalue weighted by molar-refractivity contribution is 8.14. The highest BCUT2D eigenvalue weighted by atomic mass is 35.5. The topological polar surface area (TPSA) is 32.7 Å². The van der Waals surface area contributed by atoms with E-state index in [0.717, 1.165) is 22.8 Å². The van der Waals surface area contributed by atoms with E-state index >= 15 is 0 Å². The number of carbonyl (C=O) groups excluding carboxylic acids is 1. The molecule has 1 fully saturated rings. The Morgan fingerprint density at radius 1 is 1.23 bits per heavy atom. The van der Waals surface area contributed by atoms with Crippen molar-refractivity contribution in [2.45, 2.75) is 39.4 Å². The summed E-state index contributed by atoms with van der Waals surface area (Å²) in [6.45, 7) is 5.93. The number of amides is 1. The normalized spacial score (nSPS) is 16.9. The van der Waals surface area contributed by atoms with E-state index in [1.54, 1.807) is 11.0 Å². The second kappa shape index (κ2) is 9.02.